The third-order valence-electron chi connectivity index (χ3n) is 3.00. The first kappa shape index (κ1) is 13.6. The second-order valence-corrected chi connectivity index (χ2v) is 4.37. The second kappa shape index (κ2) is 6.94. The van der Waals surface area contributed by atoms with E-state index in [-0.39, 0.29) is 12.1 Å². The summed E-state index contributed by atoms with van der Waals surface area (Å²) in [5, 5.41) is 5.57. The van der Waals surface area contributed by atoms with E-state index in [1.54, 1.807) is 13.3 Å². The number of nitrogens with zero attached hydrogens (tertiary/aromatic N) is 1. The Balaban J connectivity index is 1.73. The summed E-state index contributed by atoms with van der Waals surface area (Å²) in [5.74, 6) is 0.530. The maximum atomic E-state index is 11.6. The minimum atomic E-state index is -0.207. The number of carbonyl (C=O) groups is 1. The third kappa shape index (κ3) is 4.10. The maximum absolute atomic E-state index is 11.6. The van der Waals surface area contributed by atoms with Gasteiger partial charge in [0.15, 0.2) is 0 Å². The normalized spacial score (nSPS) is 18.1. The molecule has 0 radical (unpaired) electrons. The lowest BCUT2D eigenvalue weighted by Crippen LogP contribution is -2.39. The van der Waals surface area contributed by atoms with Crippen LogP contribution in [0.15, 0.2) is 18.3 Å². The zero-order chi connectivity index (χ0) is 13.5. The maximum Gasteiger partial charge on any atom is 0.315 e. The van der Waals surface area contributed by atoms with Crippen LogP contribution in [0.2, 0.25) is 0 Å². The molecule has 0 spiro atoms. The summed E-state index contributed by atoms with van der Waals surface area (Å²) in [5.41, 5.74) is 0.845. The number of pyridine rings is 1. The third-order valence-corrected chi connectivity index (χ3v) is 3.00. The van der Waals surface area contributed by atoms with Crippen LogP contribution in [0, 0.1) is 0 Å². The lowest BCUT2D eigenvalue weighted by Gasteiger charge is -2.12. The van der Waals surface area contributed by atoms with E-state index in [9.17, 15) is 4.79 Å². The van der Waals surface area contributed by atoms with Crippen LogP contribution in [0.5, 0.6) is 5.88 Å². The van der Waals surface area contributed by atoms with Gasteiger partial charge >= 0.3 is 6.03 Å². The van der Waals surface area contributed by atoms with E-state index in [0.29, 0.717) is 19.0 Å². The van der Waals surface area contributed by atoms with Gasteiger partial charge in [-0.05, 0) is 18.9 Å². The van der Waals surface area contributed by atoms with E-state index in [2.05, 4.69) is 15.6 Å². The largest absolute Gasteiger partial charge is 0.481 e. The SMILES string of the molecule is COc1ncccc1CNC(=O)NC[C@H]1CCCO1. The fraction of sp³-hybridized carbons (Fsp3) is 0.538. The molecular weight excluding hydrogens is 246 g/mol. The number of methoxy groups -OCH3 is 1. The zero-order valence-corrected chi connectivity index (χ0v) is 11.0. The summed E-state index contributed by atoms with van der Waals surface area (Å²) in [6.45, 7) is 1.73. The smallest absolute Gasteiger partial charge is 0.315 e. The standard InChI is InChI=1S/C13H19N3O3/c1-18-12-10(4-2-6-14-12)8-15-13(17)16-9-11-5-3-7-19-11/h2,4,6,11H,3,5,7-9H2,1H3,(H2,15,16,17)/t11-/m1/s1. The van der Waals surface area contributed by atoms with E-state index < -0.39 is 0 Å². The van der Waals surface area contributed by atoms with Gasteiger partial charge in [0.25, 0.3) is 0 Å². The minimum absolute atomic E-state index is 0.152. The van der Waals surface area contributed by atoms with Crippen molar-refractivity contribution in [3.63, 3.8) is 0 Å². The molecule has 1 aromatic rings. The lowest BCUT2D eigenvalue weighted by molar-refractivity contribution is 0.111. The molecule has 2 amide bonds. The zero-order valence-electron chi connectivity index (χ0n) is 11.0. The molecule has 1 aliphatic rings. The van der Waals surface area contributed by atoms with E-state index in [1.165, 1.54) is 0 Å². The van der Waals surface area contributed by atoms with Gasteiger partial charge in [-0.25, -0.2) is 9.78 Å². The average molecular weight is 265 g/mol. The summed E-state index contributed by atoms with van der Waals surface area (Å²) < 4.78 is 10.5. The van der Waals surface area contributed by atoms with Crippen molar-refractivity contribution in [1.29, 1.82) is 0 Å². The van der Waals surface area contributed by atoms with Crippen molar-refractivity contribution in [1.82, 2.24) is 15.6 Å². The summed E-state index contributed by atoms with van der Waals surface area (Å²) in [6.07, 6.45) is 3.89. The van der Waals surface area contributed by atoms with E-state index in [1.807, 2.05) is 12.1 Å². The molecule has 104 valence electrons. The van der Waals surface area contributed by atoms with Gasteiger partial charge < -0.3 is 20.1 Å². The van der Waals surface area contributed by atoms with Crippen LogP contribution in [0.25, 0.3) is 0 Å². The molecule has 0 bridgehead atoms. The Bertz CT molecular complexity index is 419. The van der Waals surface area contributed by atoms with Crippen molar-refractivity contribution in [3.05, 3.63) is 23.9 Å². The van der Waals surface area contributed by atoms with Gasteiger partial charge in [0, 0.05) is 31.5 Å². The van der Waals surface area contributed by atoms with E-state index in [4.69, 9.17) is 9.47 Å². The fourth-order valence-corrected chi connectivity index (χ4v) is 1.99. The van der Waals surface area contributed by atoms with Crippen LogP contribution >= 0.6 is 0 Å². The molecule has 1 atom stereocenters. The quantitative estimate of drug-likeness (QED) is 0.835. The molecule has 1 saturated heterocycles. The van der Waals surface area contributed by atoms with Crippen molar-refractivity contribution >= 4 is 6.03 Å². The number of hydrogen-bond donors (Lipinski definition) is 2. The van der Waals surface area contributed by atoms with Crippen LogP contribution in [0.4, 0.5) is 4.79 Å². The van der Waals surface area contributed by atoms with Crippen LogP contribution < -0.4 is 15.4 Å². The molecule has 2 rings (SSSR count). The van der Waals surface area contributed by atoms with Crippen molar-refractivity contribution in [2.75, 3.05) is 20.3 Å². The molecular formula is C13H19N3O3. The van der Waals surface area contributed by atoms with Gasteiger partial charge in [-0.15, -0.1) is 0 Å². The molecule has 1 aromatic heterocycles. The van der Waals surface area contributed by atoms with Crippen molar-refractivity contribution in [2.24, 2.45) is 0 Å². The summed E-state index contributed by atoms with van der Waals surface area (Å²) in [6, 6.07) is 3.47. The van der Waals surface area contributed by atoms with Gasteiger partial charge in [-0.2, -0.15) is 0 Å². The predicted molar refractivity (Wildman–Crippen MR) is 70.0 cm³/mol. The summed E-state index contributed by atoms with van der Waals surface area (Å²) in [7, 11) is 1.56. The first-order chi connectivity index (χ1) is 9.29. The highest BCUT2D eigenvalue weighted by molar-refractivity contribution is 5.73. The lowest BCUT2D eigenvalue weighted by atomic mass is 10.2. The minimum Gasteiger partial charge on any atom is -0.481 e. The first-order valence-electron chi connectivity index (χ1n) is 6.41. The Labute approximate surface area is 112 Å². The number of ether oxygens (including phenoxy) is 2. The van der Waals surface area contributed by atoms with Crippen LogP contribution in [-0.4, -0.2) is 37.4 Å². The highest BCUT2D eigenvalue weighted by Gasteiger charge is 2.16. The van der Waals surface area contributed by atoms with Crippen molar-refractivity contribution < 1.29 is 14.3 Å². The monoisotopic (exact) mass is 265 g/mol. The number of urea groups is 1. The van der Waals surface area contributed by atoms with Crippen LogP contribution in [0.3, 0.4) is 0 Å². The van der Waals surface area contributed by atoms with Crippen LogP contribution in [0.1, 0.15) is 18.4 Å². The Morgan fingerprint density at radius 3 is 3.21 bits per heavy atom. The van der Waals surface area contributed by atoms with Crippen molar-refractivity contribution in [2.45, 2.75) is 25.5 Å². The van der Waals surface area contributed by atoms with E-state index in [0.717, 1.165) is 25.0 Å². The molecule has 6 nitrogen and oxygen atoms in total. The summed E-state index contributed by atoms with van der Waals surface area (Å²) >= 11 is 0. The summed E-state index contributed by atoms with van der Waals surface area (Å²) in [4.78, 5) is 15.7. The second-order valence-electron chi connectivity index (χ2n) is 4.37. The molecule has 19 heavy (non-hydrogen) atoms. The molecule has 0 unspecified atom stereocenters. The molecule has 1 fully saturated rings. The molecule has 2 N–H and O–H groups in total. The Kier molecular flexibility index (Phi) is 4.97. The Morgan fingerprint density at radius 2 is 2.47 bits per heavy atom. The number of carbonyl (C=O) groups excluding carboxylic acids is 1. The first-order valence-corrected chi connectivity index (χ1v) is 6.41. The predicted octanol–water partition coefficient (Wildman–Crippen LogP) is 1.07. The van der Waals surface area contributed by atoms with Gasteiger partial charge in [0.05, 0.1) is 13.2 Å². The number of aromatic nitrogens is 1. The molecule has 0 saturated carbocycles. The van der Waals surface area contributed by atoms with Gasteiger partial charge in [-0.3, -0.25) is 0 Å². The molecule has 0 aliphatic carbocycles. The molecule has 6 heteroatoms. The van der Waals surface area contributed by atoms with Crippen LogP contribution in [-0.2, 0) is 11.3 Å². The number of amides is 2. The average Bonchev–Trinajstić information content (AvgIpc) is 2.96. The Hall–Kier alpha value is -1.82. The molecule has 1 aliphatic heterocycles. The number of nitrogens with one attached hydrogen (secondary N) is 2. The van der Waals surface area contributed by atoms with Crippen molar-refractivity contribution in [3.8, 4) is 5.88 Å². The fourth-order valence-electron chi connectivity index (χ4n) is 1.99. The highest BCUT2D eigenvalue weighted by Crippen LogP contribution is 2.13. The topological polar surface area (TPSA) is 72.5 Å². The number of hydrogen-bond acceptors (Lipinski definition) is 4. The molecule has 0 aromatic carbocycles. The van der Waals surface area contributed by atoms with Gasteiger partial charge in [-0.1, -0.05) is 6.07 Å². The van der Waals surface area contributed by atoms with Gasteiger partial charge in [0.1, 0.15) is 0 Å². The number of rotatable bonds is 5. The Morgan fingerprint density at radius 1 is 1.58 bits per heavy atom. The highest BCUT2D eigenvalue weighted by atomic mass is 16.5. The van der Waals surface area contributed by atoms with Gasteiger partial charge in [0.2, 0.25) is 5.88 Å². The van der Waals surface area contributed by atoms with E-state index >= 15 is 0 Å². The molecule has 2 heterocycles.